The van der Waals surface area contributed by atoms with Gasteiger partial charge in [0.25, 0.3) is 0 Å². The highest BCUT2D eigenvalue weighted by Gasteiger charge is 2.14. The van der Waals surface area contributed by atoms with Gasteiger partial charge in [-0.1, -0.05) is 12.1 Å². The van der Waals surface area contributed by atoms with Crippen molar-refractivity contribution >= 4 is 27.7 Å². The lowest BCUT2D eigenvalue weighted by Gasteiger charge is -2.17. The minimum absolute atomic E-state index is 0.296. The zero-order chi connectivity index (χ0) is 10.6. The Morgan fingerprint density at radius 2 is 1.93 bits per heavy atom. The van der Waals surface area contributed by atoms with Crippen LogP contribution in [0, 0.1) is 0 Å². The van der Waals surface area contributed by atoms with Crippen LogP contribution < -0.4 is 0 Å². The van der Waals surface area contributed by atoms with Crippen LogP contribution >= 0.6 is 27.7 Å². The molecule has 0 spiro atoms. The zero-order valence-electron chi connectivity index (χ0n) is 8.41. The molecule has 0 aliphatic heterocycles. The van der Waals surface area contributed by atoms with Crippen LogP contribution in [0.5, 0.6) is 0 Å². The Morgan fingerprint density at radius 3 is 2.43 bits per heavy atom. The molecule has 0 bridgehead atoms. The van der Waals surface area contributed by atoms with Crippen LogP contribution in [0.25, 0.3) is 0 Å². The highest BCUT2D eigenvalue weighted by molar-refractivity contribution is 9.10. The SMILES string of the molecule is COC(OC)c1cccc(Br)c1SC. The monoisotopic (exact) mass is 276 g/mol. The highest BCUT2D eigenvalue weighted by atomic mass is 79.9. The molecule has 0 amide bonds. The first-order valence-corrected chi connectivity index (χ1v) is 6.14. The summed E-state index contributed by atoms with van der Waals surface area (Å²) >= 11 is 5.18. The van der Waals surface area contributed by atoms with E-state index in [0.29, 0.717) is 0 Å². The van der Waals surface area contributed by atoms with Gasteiger partial charge < -0.3 is 9.47 Å². The molecule has 4 heteroatoms. The van der Waals surface area contributed by atoms with Crippen molar-refractivity contribution in [1.82, 2.24) is 0 Å². The minimum atomic E-state index is -0.296. The summed E-state index contributed by atoms with van der Waals surface area (Å²) in [5.74, 6) is 0. The summed E-state index contributed by atoms with van der Waals surface area (Å²) in [6, 6.07) is 6.00. The molecular formula is C10H13BrO2S. The fourth-order valence-electron chi connectivity index (χ4n) is 1.28. The summed E-state index contributed by atoms with van der Waals surface area (Å²) in [5, 5.41) is 0. The number of thioether (sulfide) groups is 1. The molecule has 0 saturated heterocycles. The van der Waals surface area contributed by atoms with E-state index in [1.165, 1.54) is 0 Å². The molecule has 0 unspecified atom stereocenters. The quantitative estimate of drug-likeness (QED) is 0.620. The maximum Gasteiger partial charge on any atom is 0.184 e. The van der Waals surface area contributed by atoms with Crippen LogP contribution in [0.3, 0.4) is 0 Å². The van der Waals surface area contributed by atoms with Crippen molar-refractivity contribution in [2.45, 2.75) is 11.2 Å². The molecule has 0 saturated carbocycles. The van der Waals surface area contributed by atoms with Crippen molar-refractivity contribution in [3.8, 4) is 0 Å². The van der Waals surface area contributed by atoms with Crippen LogP contribution in [0.1, 0.15) is 11.9 Å². The van der Waals surface area contributed by atoms with Gasteiger partial charge in [-0.25, -0.2) is 0 Å². The van der Waals surface area contributed by atoms with Gasteiger partial charge in [-0.3, -0.25) is 0 Å². The number of methoxy groups -OCH3 is 2. The third-order valence-electron chi connectivity index (χ3n) is 1.88. The summed E-state index contributed by atoms with van der Waals surface area (Å²) in [7, 11) is 3.28. The molecule has 2 nitrogen and oxygen atoms in total. The number of halogens is 1. The van der Waals surface area contributed by atoms with E-state index in [0.717, 1.165) is 14.9 Å². The first-order valence-electron chi connectivity index (χ1n) is 4.12. The highest BCUT2D eigenvalue weighted by Crippen LogP contribution is 2.34. The molecule has 0 aromatic heterocycles. The molecule has 0 fully saturated rings. The predicted octanol–water partition coefficient (Wildman–Crippen LogP) is 3.46. The third-order valence-corrected chi connectivity index (χ3v) is 3.67. The molecule has 0 aliphatic rings. The van der Waals surface area contributed by atoms with Crippen LogP contribution in [0.4, 0.5) is 0 Å². The summed E-state index contributed by atoms with van der Waals surface area (Å²) in [4.78, 5) is 1.15. The number of hydrogen-bond donors (Lipinski definition) is 0. The fraction of sp³-hybridized carbons (Fsp3) is 0.400. The second kappa shape index (κ2) is 5.75. The Labute approximate surface area is 97.1 Å². The minimum Gasteiger partial charge on any atom is -0.352 e. The Kier molecular flexibility index (Phi) is 4.95. The molecule has 0 heterocycles. The Bertz CT molecular complexity index is 300. The molecule has 1 aromatic carbocycles. The van der Waals surface area contributed by atoms with E-state index >= 15 is 0 Å². The Balaban J connectivity index is 3.11. The molecule has 0 radical (unpaired) electrons. The predicted molar refractivity (Wildman–Crippen MR) is 62.7 cm³/mol. The van der Waals surface area contributed by atoms with E-state index in [1.807, 2.05) is 24.5 Å². The van der Waals surface area contributed by atoms with Gasteiger partial charge in [-0.05, 0) is 28.3 Å². The maximum absolute atomic E-state index is 5.23. The van der Waals surface area contributed by atoms with Crippen molar-refractivity contribution in [3.05, 3.63) is 28.2 Å². The van der Waals surface area contributed by atoms with Crippen molar-refractivity contribution in [2.75, 3.05) is 20.5 Å². The van der Waals surface area contributed by atoms with Crippen molar-refractivity contribution in [1.29, 1.82) is 0 Å². The van der Waals surface area contributed by atoms with Gasteiger partial charge in [-0.15, -0.1) is 11.8 Å². The number of benzene rings is 1. The summed E-state index contributed by atoms with van der Waals surface area (Å²) in [6.45, 7) is 0. The first kappa shape index (κ1) is 12.0. The van der Waals surface area contributed by atoms with Gasteiger partial charge in [0.05, 0.1) is 0 Å². The smallest absolute Gasteiger partial charge is 0.184 e. The molecule has 0 atom stereocenters. The summed E-state index contributed by atoms with van der Waals surface area (Å²) in [6.07, 6.45) is 1.74. The van der Waals surface area contributed by atoms with Gasteiger partial charge in [0.15, 0.2) is 6.29 Å². The largest absolute Gasteiger partial charge is 0.352 e. The first-order chi connectivity index (χ1) is 6.74. The van der Waals surface area contributed by atoms with Gasteiger partial charge >= 0.3 is 0 Å². The lowest BCUT2D eigenvalue weighted by molar-refractivity contribution is -0.107. The normalized spacial score (nSPS) is 10.9. The van der Waals surface area contributed by atoms with Crippen molar-refractivity contribution < 1.29 is 9.47 Å². The van der Waals surface area contributed by atoms with Crippen LogP contribution in [-0.2, 0) is 9.47 Å². The molecule has 1 aromatic rings. The van der Waals surface area contributed by atoms with E-state index in [-0.39, 0.29) is 6.29 Å². The number of ether oxygens (including phenoxy) is 2. The lowest BCUT2D eigenvalue weighted by Crippen LogP contribution is -2.05. The fourth-order valence-corrected chi connectivity index (χ4v) is 2.81. The summed E-state index contributed by atoms with van der Waals surface area (Å²) < 4.78 is 11.5. The molecular weight excluding hydrogens is 264 g/mol. The molecule has 14 heavy (non-hydrogen) atoms. The number of rotatable bonds is 4. The van der Waals surface area contributed by atoms with Crippen molar-refractivity contribution in [3.63, 3.8) is 0 Å². The topological polar surface area (TPSA) is 18.5 Å². The molecule has 0 aliphatic carbocycles. The van der Waals surface area contributed by atoms with Gasteiger partial charge in [0.1, 0.15) is 0 Å². The molecule has 0 N–H and O–H groups in total. The zero-order valence-corrected chi connectivity index (χ0v) is 10.8. The van der Waals surface area contributed by atoms with Gasteiger partial charge in [-0.2, -0.15) is 0 Å². The lowest BCUT2D eigenvalue weighted by atomic mass is 10.2. The van der Waals surface area contributed by atoms with E-state index in [9.17, 15) is 0 Å². The third kappa shape index (κ3) is 2.51. The second-order valence-electron chi connectivity index (χ2n) is 2.67. The Hall–Kier alpha value is -0.0300. The van der Waals surface area contributed by atoms with Crippen LogP contribution in [0.15, 0.2) is 27.6 Å². The van der Waals surface area contributed by atoms with Crippen molar-refractivity contribution in [2.24, 2.45) is 0 Å². The summed E-state index contributed by atoms with van der Waals surface area (Å²) in [5.41, 5.74) is 1.05. The van der Waals surface area contributed by atoms with E-state index in [1.54, 1.807) is 26.0 Å². The number of hydrogen-bond acceptors (Lipinski definition) is 3. The average molecular weight is 277 g/mol. The van der Waals surface area contributed by atoms with Gasteiger partial charge in [0, 0.05) is 29.2 Å². The molecule has 1 rings (SSSR count). The Morgan fingerprint density at radius 1 is 1.29 bits per heavy atom. The van der Waals surface area contributed by atoms with Gasteiger partial charge in [0.2, 0.25) is 0 Å². The average Bonchev–Trinajstić information content (AvgIpc) is 2.20. The van der Waals surface area contributed by atoms with E-state index < -0.39 is 0 Å². The van der Waals surface area contributed by atoms with E-state index in [4.69, 9.17) is 9.47 Å². The van der Waals surface area contributed by atoms with E-state index in [2.05, 4.69) is 15.9 Å². The van der Waals surface area contributed by atoms with Crippen LogP contribution in [0.2, 0.25) is 0 Å². The molecule has 78 valence electrons. The second-order valence-corrected chi connectivity index (χ2v) is 4.34. The maximum atomic E-state index is 5.23. The standard InChI is InChI=1S/C10H13BrO2S/c1-12-10(13-2)7-5-4-6-8(11)9(7)14-3/h4-6,10H,1-3H3. The van der Waals surface area contributed by atoms with Crippen LogP contribution in [-0.4, -0.2) is 20.5 Å².